The fourth-order valence-corrected chi connectivity index (χ4v) is 3.23. The van der Waals surface area contributed by atoms with Gasteiger partial charge in [0.05, 0.1) is 12.8 Å². The van der Waals surface area contributed by atoms with Gasteiger partial charge in [-0.25, -0.2) is 4.98 Å². The summed E-state index contributed by atoms with van der Waals surface area (Å²) in [5.74, 6) is 2.86. The third-order valence-electron chi connectivity index (χ3n) is 5.03. The lowest BCUT2D eigenvalue weighted by molar-refractivity contribution is 0.216. The molecule has 0 spiro atoms. The molecule has 0 saturated carbocycles. The molecule has 0 N–H and O–H groups in total. The van der Waals surface area contributed by atoms with Crippen molar-refractivity contribution >= 4 is 19.5 Å². The van der Waals surface area contributed by atoms with Crippen LogP contribution in [0.15, 0.2) is 16.9 Å². The lowest BCUT2D eigenvalue weighted by Gasteiger charge is -2.33. The number of piperidine rings is 1. The van der Waals surface area contributed by atoms with Crippen LogP contribution < -0.4 is 15.2 Å². The Hall–Kier alpha value is -2.12. The van der Waals surface area contributed by atoms with Gasteiger partial charge in [0.25, 0.3) is 0 Å². The van der Waals surface area contributed by atoms with Gasteiger partial charge in [0.1, 0.15) is 7.85 Å². The maximum atomic E-state index is 5.67. The van der Waals surface area contributed by atoms with E-state index in [1.165, 1.54) is 6.20 Å². The molecule has 2 aromatic rings. The zero-order valence-electron chi connectivity index (χ0n) is 15.8. The molecule has 0 amide bonds. The number of aromatic nitrogens is 4. The summed E-state index contributed by atoms with van der Waals surface area (Å²) in [6.45, 7) is 8.99. The van der Waals surface area contributed by atoms with E-state index in [0.717, 1.165) is 38.2 Å². The molecule has 8 heteroatoms. The molecule has 3 rings (SSSR count). The van der Waals surface area contributed by atoms with Gasteiger partial charge in [-0.3, -0.25) is 4.98 Å². The summed E-state index contributed by atoms with van der Waals surface area (Å²) in [6, 6.07) is 0.657. The van der Waals surface area contributed by atoms with E-state index in [1.807, 2.05) is 0 Å². The third kappa shape index (κ3) is 4.74. The van der Waals surface area contributed by atoms with E-state index in [4.69, 9.17) is 17.1 Å². The molecule has 1 saturated heterocycles. The van der Waals surface area contributed by atoms with Gasteiger partial charge in [0.15, 0.2) is 5.82 Å². The Labute approximate surface area is 156 Å². The Morgan fingerprint density at radius 1 is 1.23 bits per heavy atom. The van der Waals surface area contributed by atoms with Crippen molar-refractivity contribution in [3.05, 3.63) is 18.2 Å². The molecule has 3 heterocycles. The highest BCUT2D eigenvalue weighted by molar-refractivity contribution is 6.30. The van der Waals surface area contributed by atoms with Crippen molar-refractivity contribution < 1.29 is 9.26 Å². The summed E-state index contributed by atoms with van der Waals surface area (Å²) >= 11 is 0. The number of nitrogens with zero attached hydrogens (tertiary/aromatic N) is 5. The predicted octanol–water partition coefficient (Wildman–Crippen LogP) is 2.10. The fourth-order valence-electron chi connectivity index (χ4n) is 3.23. The largest absolute Gasteiger partial charge is 0.477 e. The summed E-state index contributed by atoms with van der Waals surface area (Å²) in [6.07, 6.45) is 6.32. The minimum atomic E-state index is 0.288. The fraction of sp³-hybridized carbons (Fsp3) is 0.667. The molecule has 0 aromatic carbocycles. The van der Waals surface area contributed by atoms with Gasteiger partial charge in [0.2, 0.25) is 5.88 Å². The Morgan fingerprint density at radius 3 is 2.62 bits per heavy atom. The van der Waals surface area contributed by atoms with E-state index in [-0.39, 0.29) is 5.92 Å². The second kappa shape index (κ2) is 8.51. The minimum absolute atomic E-state index is 0.288. The number of rotatable bonds is 7. The molecule has 1 fully saturated rings. The van der Waals surface area contributed by atoms with Gasteiger partial charge in [0, 0.05) is 30.8 Å². The maximum absolute atomic E-state index is 5.67. The minimum Gasteiger partial charge on any atom is -0.477 e. The molecule has 0 bridgehead atoms. The smallest absolute Gasteiger partial charge is 0.324 e. The van der Waals surface area contributed by atoms with Crippen LogP contribution in [0.3, 0.4) is 0 Å². The van der Waals surface area contributed by atoms with E-state index in [1.54, 1.807) is 6.20 Å². The van der Waals surface area contributed by atoms with Gasteiger partial charge in [-0.2, -0.15) is 4.98 Å². The Balaban J connectivity index is 1.41. The van der Waals surface area contributed by atoms with Crippen molar-refractivity contribution in [1.82, 2.24) is 20.1 Å². The van der Waals surface area contributed by atoms with Gasteiger partial charge < -0.3 is 14.2 Å². The molecule has 1 atom stereocenters. The molecule has 2 radical (unpaired) electrons. The van der Waals surface area contributed by atoms with Crippen molar-refractivity contribution in [1.29, 1.82) is 0 Å². The number of hydrogen-bond acceptors (Lipinski definition) is 7. The Kier molecular flexibility index (Phi) is 6.11. The molecule has 26 heavy (non-hydrogen) atoms. The zero-order chi connectivity index (χ0) is 18.5. The molecule has 7 nitrogen and oxygen atoms in total. The van der Waals surface area contributed by atoms with Gasteiger partial charge in [-0.1, -0.05) is 25.9 Å². The van der Waals surface area contributed by atoms with E-state index in [0.29, 0.717) is 35.9 Å². The summed E-state index contributed by atoms with van der Waals surface area (Å²) in [5, 5.41) is 4.06. The average molecular weight is 355 g/mol. The van der Waals surface area contributed by atoms with Gasteiger partial charge >= 0.3 is 6.01 Å². The van der Waals surface area contributed by atoms with Crippen molar-refractivity contribution in [2.24, 2.45) is 11.8 Å². The van der Waals surface area contributed by atoms with Gasteiger partial charge in [-0.15, -0.1) is 0 Å². The first-order chi connectivity index (χ1) is 12.5. The second-order valence-electron chi connectivity index (χ2n) is 7.31. The summed E-state index contributed by atoms with van der Waals surface area (Å²) in [7, 11) is 5.52. The van der Waals surface area contributed by atoms with Crippen LogP contribution >= 0.6 is 0 Å². The zero-order valence-corrected chi connectivity index (χ0v) is 15.8. The maximum Gasteiger partial charge on any atom is 0.324 e. The summed E-state index contributed by atoms with van der Waals surface area (Å²) < 4.78 is 11.1. The standard InChI is InChI=1S/C18H26BN5O2/c1-12(2)17-22-18(26-23-17)24-7-4-14(5-8-24)13(3)6-9-25-16-11-20-15(19)10-21-16/h10-14H,4-9H2,1-3H3/t13-/m1/s1. The first-order valence-electron chi connectivity index (χ1n) is 9.31. The van der Waals surface area contributed by atoms with Crippen LogP contribution in [0.25, 0.3) is 0 Å². The number of hydrogen-bond donors (Lipinski definition) is 0. The van der Waals surface area contributed by atoms with Crippen LogP contribution in [0.2, 0.25) is 0 Å². The van der Waals surface area contributed by atoms with Crippen LogP contribution in [0.4, 0.5) is 6.01 Å². The molecular weight excluding hydrogens is 329 g/mol. The number of anilines is 1. The quantitative estimate of drug-likeness (QED) is 0.704. The lowest BCUT2D eigenvalue weighted by atomic mass is 9.84. The molecule has 0 unspecified atom stereocenters. The number of ether oxygens (including phenoxy) is 1. The highest BCUT2D eigenvalue weighted by Crippen LogP contribution is 2.29. The Bertz CT molecular complexity index is 683. The van der Waals surface area contributed by atoms with Crippen LogP contribution in [0, 0.1) is 11.8 Å². The molecule has 138 valence electrons. The van der Waals surface area contributed by atoms with Crippen molar-refractivity contribution in [3.63, 3.8) is 0 Å². The van der Waals surface area contributed by atoms with Crippen LogP contribution in [0.1, 0.15) is 51.8 Å². The SMILES string of the molecule is [B]c1cnc(OCC[C@@H](C)C2CCN(c3nc(C(C)C)no3)CC2)cn1. The highest BCUT2D eigenvalue weighted by Gasteiger charge is 2.26. The Morgan fingerprint density at radius 2 is 2.00 bits per heavy atom. The lowest BCUT2D eigenvalue weighted by Crippen LogP contribution is -2.36. The predicted molar refractivity (Wildman–Crippen MR) is 100 cm³/mol. The van der Waals surface area contributed by atoms with E-state index < -0.39 is 0 Å². The van der Waals surface area contributed by atoms with Crippen LogP contribution in [0.5, 0.6) is 5.88 Å². The third-order valence-corrected chi connectivity index (χ3v) is 5.03. The molecule has 1 aliphatic heterocycles. The summed E-state index contributed by atoms with van der Waals surface area (Å²) in [5.41, 5.74) is 0.402. The van der Waals surface area contributed by atoms with E-state index in [9.17, 15) is 0 Å². The first-order valence-corrected chi connectivity index (χ1v) is 9.31. The molecule has 1 aliphatic rings. The second-order valence-corrected chi connectivity index (χ2v) is 7.31. The van der Waals surface area contributed by atoms with E-state index >= 15 is 0 Å². The van der Waals surface area contributed by atoms with Crippen molar-refractivity contribution in [2.45, 2.75) is 46.0 Å². The molecule has 2 aromatic heterocycles. The monoisotopic (exact) mass is 355 g/mol. The van der Waals surface area contributed by atoms with Crippen molar-refractivity contribution in [2.75, 3.05) is 24.6 Å². The molecular formula is C18H26BN5O2. The van der Waals surface area contributed by atoms with E-state index in [2.05, 4.69) is 45.8 Å². The molecule has 0 aliphatic carbocycles. The first kappa shape index (κ1) is 18.7. The average Bonchev–Trinajstić information content (AvgIpc) is 3.14. The highest BCUT2D eigenvalue weighted by atomic mass is 16.5. The van der Waals surface area contributed by atoms with Crippen molar-refractivity contribution in [3.8, 4) is 5.88 Å². The van der Waals surface area contributed by atoms with Gasteiger partial charge in [-0.05, 0) is 31.1 Å². The van der Waals surface area contributed by atoms with Crippen LogP contribution in [-0.2, 0) is 0 Å². The summed E-state index contributed by atoms with van der Waals surface area (Å²) in [4.78, 5) is 14.8. The topological polar surface area (TPSA) is 77.2 Å². The normalized spacial score (nSPS) is 16.8. The van der Waals surface area contributed by atoms with Crippen LogP contribution in [-0.4, -0.2) is 47.7 Å².